The number of nitro groups is 1. The molecule has 1 aromatic carbocycles. The van der Waals surface area contributed by atoms with E-state index in [4.69, 9.17) is 15.9 Å². The number of phenolic OH excluding ortho intramolecular Hbond substituents is 2. The van der Waals surface area contributed by atoms with Crippen LogP contribution in [0.25, 0.3) is 0 Å². The van der Waals surface area contributed by atoms with Crippen molar-refractivity contribution < 1.29 is 23.9 Å². The lowest BCUT2D eigenvalue weighted by molar-refractivity contribution is -0.386. The number of halogens is 2. The molecule has 88 valence electrons. The van der Waals surface area contributed by atoms with E-state index in [1.165, 1.54) is 0 Å². The summed E-state index contributed by atoms with van der Waals surface area (Å²) in [7, 11) is 0. The van der Waals surface area contributed by atoms with Crippen LogP contribution in [-0.4, -0.2) is 21.6 Å². The number of hydrogen-bond donors (Lipinski definition) is 3. The van der Waals surface area contributed by atoms with Crippen molar-refractivity contribution in [1.82, 2.24) is 0 Å². The number of rotatable bonds is 3. The molecular formula is C8H8F2N2O4. The molecule has 0 unspecified atom stereocenters. The van der Waals surface area contributed by atoms with Crippen molar-refractivity contribution in [2.45, 2.75) is 12.5 Å². The first-order valence-electron chi connectivity index (χ1n) is 4.08. The Morgan fingerprint density at radius 1 is 1.38 bits per heavy atom. The van der Waals surface area contributed by atoms with Gasteiger partial charge in [-0.1, -0.05) is 0 Å². The van der Waals surface area contributed by atoms with Gasteiger partial charge in [0.1, 0.15) is 0 Å². The molecule has 16 heavy (non-hydrogen) atoms. The molecule has 0 fully saturated rings. The average molecular weight is 234 g/mol. The summed E-state index contributed by atoms with van der Waals surface area (Å²) in [4.78, 5) is 9.42. The summed E-state index contributed by atoms with van der Waals surface area (Å²) in [6.45, 7) is 0. The third-order valence-electron chi connectivity index (χ3n) is 1.95. The zero-order valence-corrected chi connectivity index (χ0v) is 7.80. The van der Waals surface area contributed by atoms with Crippen molar-refractivity contribution in [3.8, 4) is 11.5 Å². The number of hydrogen-bond acceptors (Lipinski definition) is 5. The van der Waals surface area contributed by atoms with Gasteiger partial charge in [-0.2, -0.15) is 0 Å². The minimum atomic E-state index is -2.93. The maximum atomic E-state index is 12.2. The average Bonchev–Trinajstić information content (AvgIpc) is 2.20. The van der Waals surface area contributed by atoms with Gasteiger partial charge in [0.25, 0.3) is 6.43 Å². The van der Waals surface area contributed by atoms with Crippen LogP contribution in [0, 0.1) is 10.1 Å². The second-order valence-corrected chi connectivity index (χ2v) is 3.03. The first-order valence-corrected chi connectivity index (χ1v) is 4.08. The molecule has 1 rings (SSSR count). The maximum absolute atomic E-state index is 12.2. The summed E-state index contributed by atoms with van der Waals surface area (Å²) in [5.41, 5.74) is 3.87. The van der Waals surface area contributed by atoms with Gasteiger partial charge in [-0.25, -0.2) is 8.78 Å². The highest BCUT2D eigenvalue weighted by Gasteiger charge is 2.24. The normalized spacial score (nSPS) is 12.8. The smallest absolute Gasteiger partial charge is 0.314 e. The monoisotopic (exact) mass is 234 g/mol. The second kappa shape index (κ2) is 4.27. The second-order valence-electron chi connectivity index (χ2n) is 3.03. The number of phenols is 2. The molecule has 0 spiro atoms. The van der Waals surface area contributed by atoms with Gasteiger partial charge >= 0.3 is 5.69 Å². The molecule has 0 radical (unpaired) electrons. The van der Waals surface area contributed by atoms with Gasteiger partial charge in [0.2, 0.25) is 5.75 Å². The van der Waals surface area contributed by atoms with Crippen LogP contribution >= 0.6 is 0 Å². The molecule has 4 N–H and O–H groups in total. The molecule has 0 bridgehead atoms. The van der Waals surface area contributed by atoms with E-state index in [0.29, 0.717) is 6.07 Å². The number of nitrogens with zero attached hydrogens (tertiary/aromatic N) is 1. The van der Waals surface area contributed by atoms with Crippen LogP contribution in [0.1, 0.15) is 11.6 Å². The SMILES string of the molecule is N[C@H](c1cc(O)c(O)c([N+](=O)[O-])c1)C(F)F. The van der Waals surface area contributed by atoms with Crippen LogP contribution in [0.2, 0.25) is 0 Å². The van der Waals surface area contributed by atoms with Crippen LogP contribution in [0.3, 0.4) is 0 Å². The van der Waals surface area contributed by atoms with Gasteiger partial charge in [-0.05, 0) is 11.6 Å². The highest BCUT2D eigenvalue weighted by molar-refractivity contribution is 5.57. The van der Waals surface area contributed by atoms with Crippen LogP contribution < -0.4 is 5.73 Å². The van der Waals surface area contributed by atoms with Crippen molar-refractivity contribution in [2.24, 2.45) is 5.73 Å². The zero-order chi connectivity index (χ0) is 12.5. The lowest BCUT2D eigenvalue weighted by Crippen LogP contribution is -2.18. The van der Waals surface area contributed by atoms with Gasteiger partial charge in [0.15, 0.2) is 5.75 Å². The van der Waals surface area contributed by atoms with E-state index in [0.717, 1.165) is 6.07 Å². The molecule has 0 aliphatic carbocycles. The summed E-state index contributed by atoms with van der Waals surface area (Å²) >= 11 is 0. The van der Waals surface area contributed by atoms with E-state index in [-0.39, 0.29) is 5.56 Å². The van der Waals surface area contributed by atoms with Crippen LogP contribution in [-0.2, 0) is 0 Å². The van der Waals surface area contributed by atoms with Gasteiger partial charge < -0.3 is 15.9 Å². The Morgan fingerprint density at radius 3 is 2.38 bits per heavy atom. The third kappa shape index (κ3) is 2.16. The Hall–Kier alpha value is -1.96. The van der Waals surface area contributed by atoms with Gasteiger partial charge in [0.05, 0.1) is 11.0 Å². The molecule has 8 heteroatoms. The lowest BCUT2D eigenvalue weighted by Gasteiger charge is -2.11. The Morgan fingerprint density at radius 2 is 1.94 bits per heavy atom. The van der Waals surface area contributed by atoms with Crippen LogP contribution in [0.15, 0.2) is 12.1 Å². The molecule has 6 nitrogen and oxygen atoms in total. The topological polar surface area (TPSA) is 110 Å². The maximum Gasteiger partial charge on any atom is 0.314 e. The highest BCUT2D eigenvalue weighted by Crippen LogP contribution is 2.38. The molecule has 0 aliphatic rings. The van der Waals surface area contributed by atoms with Crippen molar-refractivity contribution in [1.29, 1.82) is 0 Å². The van der Waals surface area contributed by atoms with Crippen LogP contribution in [0.5, 0.6) is 11.5 Å². The Bertz CT molecular complexity index is 425. The fourth-order valence-corrected chi connectivity index (χ4v) is 1.10. The van der Waals surface area contributed by atoms with E-state index >= 15 is 0 Å². The standard InChI is InChI=1S/C8H8F2N2O4/c9-8(10)6(11)3-1-4(12(15)16)7(14)5(13)2-3/h1-2,6,8,13-14H,11H2/t6-/m1/s1. The molecule has 0 saturated heterocycles. The van der Waals surface area contributed by atoms with Crippen molar-refractivity contribution >= 4 is 5.69 Å². The predicted molar refractivity (Wildman–Crippen MR) is 49.4 cm³/mol. The van der Waals surface area contributed by atoms with Crippen molar-refractivity contribution in [2.75, 3.05) is 0 Å². The Labute approximate surface area is 88.1 Å². The molecule has 0 amide bonds. The minimum absolute atomic E-state index is 0.322. The Kier molecular flexibility index (Phi) is 3.23. The molecule has 0 aromatic heterocycles. The fraction of sp³-hybridized carbons (Fsp3) is 0.250. The largest absolute Gasteiger partial charge is 0.504 e. The van der Waals surface area contributed by atoms with E-state index in [1.807, 2.05) is 0 Å². The summed E-state index contributed by atoms with van der Waals surface area (Å²) in [5.74, 6) is -1.84. The molecular weight excluding hydrogens is 226 g/mol. The Balaban J connectivity index is 3.29. The highest BCUT2D eigenvalue weighted by atomic mass is 19.3. The third-order valence-corrected chi connectivity index (χ3v) is 1.95. The fourth-order valence-electron chi connectivity index (χ4n) is 1.10. The van der Waals surface area contributed by atoms with Crippen molar-refractivity contribution in [3.63, 3.8) is 0 Å². The summed E-state index contributed by atoms with van der Waals surface area (Å²) < 4.78 is 24.5. The molecule has 0 aliphatic heterocycles. The minimum Gasteiger partial charge on any atom is -0.504 e. The molecule has 0 heterocycles. The van der Waals surface area contributed by atoms with E-state index in [9.17, 15) is 18.9 Å². The van der Waals surface area contributed by atoms with Gasteiger partial charge in [-0.15, -0.1) is 0 Å². The molecule has 0 saturated carbocycles. The van der Waals surface area contributed by atoms with Crippen LogP contribution in [0.4, 0.5) is 14.5 Å². The number of alkyl halides is 2. The first-order chi connectivity index (χ1) is 7.34. The molecule has 1 atom stereocenters. The summed E-state index contributed by atoms with van der Waals surface area (Å²) in [6, 6.07) is -0.296. The number of nitro benzene ring substituents is 1. The van der Waals surface area contributed by atoms with Gasteiger partial charge in [0, 0.05) is 6.07 Å². The predicted octanol–water partition coefficient (Wildman–Crippen LogP) is 1.27. The summed E-state index contributed by atoms with van der Waals surface area (Å²) in [6.07, 6.45) is -2.93. The van der Waals surface area contributed by atoms with Gasteiger partial charge in [-0.3, -0.25) is 10.1 Å². The summed E-state index contributed by atoms with van der Waals surface area (Å²) in [5, 5.41) is 28.6. The number of nitrogens with two attached hydrogens (primary N) is 1. The van der Waals surface area contributed by atoms with E-state index in [2.05, 4.69) is 0 Å². The van der Waals surface area contributed by atoms with Crippen molar-refractivity contribution in [3.05, 3.63) is 27.8 Å². The van der Waals surface area contributed by atoms with E-state index < -0.39 is 34.6 Å². The zero-order valence-electron chi connectivity index (χ0n) is 7.80. The number of benzene rings is 1. The van der Waals surface area contributed by atoms with E-state index in [1.54, 1.807) is 0 Å². The number of aromatic hydroxyl groups is 2. The lowest BCUT2D eigenvalue weighted by atomic mass is 10.1. The quantitative estimate of drug-likeness (QED) is 0.414. The molecule has 1 aromatic rings. The first kappa shape index (κ1) is 12.1.